The van der Waals surface area contributed by atoms with Gasteiger partial charge in [0.05, 0.1) is 17.1 Å². The van der Waals surface area contributed by atoms with Gasteiger partial charge < -0.3 is 10.0 Å². The Kier molecular flexibility index (Phi) is 4.86. The Balaban J connectivity index is 1.78. The Morgan fingerprint density at radius 1 is 1.11 bits per heavy atom. The SMILES string of the molecule is CC[n+]1c(/C=C2\Sc3ccccc3N2CCC(=O)O)ccc2ccccc21. The van der Waals surface area contributed by atoms with Gasteiger partial charge in [0.15, 0.2) is 0 Å². The normalized spacial score (nSPS) is 14.7. The lowest BCUT2D eigenvalue weighted by atomic mass is 10.2. The summed E-state index contributed by atoms with van der Waals surface area (Å²) in [6.07, 6.45) is 2.28. The van der Waals surface area contributed by atoms with Crippen molar-refractivity contribution in [3.63, 3.8) is 0 Å². The second kappa shape index (κ2) is 7.45. The number of pyridine rings is 1. The minimum atomic E-state index is -0.780. The summed E-state index contributed by atoms with van der Waals surface area (Å²) in [5.74, 6) is -0.780. The Bertz CT molecular complexity index is 1050. The fourth-order valence-corrected chi connectivity index (χ4v) is 4.62. The summed E-state index contributed by atoms with van der Waals surface area (Å²) >= 11 is 1.70. The van der Waals surface area contributed by atoms with Crippen LogP contribution in [0.3, 0.4) is 0 Å². The molecule has 0 spiro atoms. The molecule has 1 aromatic heterocycles. The van der Waals surface area contributed by atoms with Crippen molar-refractivity contribution < 1.29 is 14.5 Å². The fraction of sp³-hybridized carbons (Fsp3) is 0.182. The number of aryl methyl sites for hydroxylation is 1. The summed E-state index contributed by atoms with van der Waals surface area (Å²) in [5.41, 5.74) is 3.40. The number of para-hydroxylation sites is 2. The first-order valence-electron chi connectivity index (χ1n) is 9.07. The molecule has 1 aliphatic heterocycles. The van der Waals surface area contributed by atoms with Crippen LogP contribution in [0.1, 0.15) is 19.0 Å². The zero-order valence-electron chi connectivity index (χ0n) is 15.1. The lowest BCUT2D eigenvalue weighted by Crippen LogP contribution is -2.37. The van der Waals surface area contributed by atoms with Crippen LogP contribution in [-0.2, 0) is 11.3 Å². The number of aromatic nitrogens is 1. The molecule has 5 heteroatoms. The molecule has 3 aromatic rings. The van der Waals surface area contributed by atoms with Crippen LogP contribution < -0.4 is 9.47 Å². The van der Waals surface area contributed by atoms with Crippen molar-refractivity contribution in [3.8, 4) is 0 Å². The van der Waals surface area contributed by atoms with Crippen molar-refractivity contribution in [3.05, 3.63) is 71.4 Å². The molecule has 1 aliphatic rings. The fourth-order valence-electron chi connectivity index (χ4n) is 3.48. The minimum Gasteiger partial charge on any atom is -0.481 e. The highest BCUT2D eigenvalue weighted by Gasteiger charge is 2.26. The van der Waals surface area contributed by atoms with Crippen molar-refractivity contribution in [2.45, 2.75) is 24.8 Å². The number of fused-ring (bicyclic) bond motifs is 2. The van der Waals surface area contributed by atoms with E-state index in [-0.39, 0.29) is 6.42 Å². The van der Waals surface area contributed by atoms with Crippen molar-refractivity contribution in [1.29, 1.82) is 0 Å². The van der Waals surface area contributed by atoms with E-state index in [1.54, 1.807) is 11.8 Å². The number of carboxylic acids is 1. The van der Waals surface area contributed by atoms with Gasteiger partial charge in [-0.25, -0.2) is 0 Å². The number of hydrogen-bond acceptors (Lipinski definition) is 3. The van der Waals surface area contributed by atoms with Crippen LogP contribution in [0.5, 0.6) is 0 Å². The Hall–Kier alpha value is -2.79. The number of hydrogen-bond donors (Lipinski definition) is 1. The van der Waals surface area contributed by atoms with Crippen LogP contribution in [0, 0.1) is 0 Å². The van der Waals surface area contributed by atoms with Crippen LogP contribution >= 0.6 is 11.8 Å². The standard InChI is InChI=1S/C22H20N2O2S/c1-2-23-17(12-11-16-7-3-4-8-18(16)23)15-21-24(14-13-22(25)26)19-9-5-6-10-20(19)27-21/h3-12,15H,2,13-14H2,1H3/p+1. The molecule has 0 amide bonds. The highest BCUT2D eigenvalue weighted by Crippen LogP contribution is 2.46. The Morgan fingerprint density at radius 3 is 2.70 bits per heavy atom. The average molecular weight is 377 g/mol. The molecule has 0 saturated carbocycles. The molecule has 0 saturated heterocycles. The second-order valence-electron chi connectivity index (χ2n) is 6.41. The number of thioether (sulfide) groups is 1. The van der Waals surface area contributed by atoms with Gasteiger partial charge in [-0.15, -0.1) is 0 Å². The molecule has 0 unspecified atom stereocenters. The molecule has 4 rings (SSSR count). The molecular formula is C22H21N2O2S+. The van der Waals surface area contributed by atoms with E-state index >= 15 is 0 Å². The maximum absolute atomic E-state index is 11.1. The van der Waals surface area contributed by atoms with Gasteiger partial charge in [-0.3, -0.25) is 4.79 Å². The van der Waals surface area contributed by atoms with Crippen molar-refractivity contribution in [2.75, 3.05) is 11.4 Å². The van der Waals surface area contributed by atoms with Gasteiger partial charge in [-0.1, -0.05) is 36.0 Å². The summed E-state index contributed by atoms with van der Waals surface area (Å²) in [7, 11) is 0. The summed E-state index contributed by atoms with van der Waals surface area (Å²) in [4.78, 5) is 14.4. The van der Waals surface area contributed by atoms with E-state index in [0.717, 1.165) is 27.9 Å². The molecule has 1 N–H and O–H groups in total. The molecular weight excluding hydrogens is 356 g/mol. The first-order chi connectivity index (χ1) is 13.2. The largest absolute Gasteiger partial charge is 0.481 e. The molecule has 27 heavy (non-hydrogen) atoms. The number of rotatable bonds is 5. The first-order valence-corrected chi connectivity index (χ1v) is 9.88. The predicted octanol–water partition coefficient (Wildman–Crippen LogP) is 4.53. The third kappa shape index (κ3) is 3.43. The van der Waals surface area contributed by atoms with Crippen molar-refractivity contribution >= 4 is 40.4 Å². The zero-order chi connectivity index (χ0) is 18.8. The number of benzene rings is 2. The van der Waals surface area contributed by atoms with Gasteiger partial charge in [0.1, 0.15) is 6.54 Å². The summed E-state index contributed by atoms with van der Waals surface area (Å²) in [6, 6.07) is 20.8. The molecule has 0 fully saturated rings. The number of carbonyl (C=O) groups is 1. The van der Waals surface area contributed by atoms with E-state index in [1.165, 1.54) is 10.9 Å². The first kappa shape index (κ1) is 17.6. The maximum atomic E-state index is 11.1. The topological polar surface area (TPSA) is 44.4 Å². The van der Waals surface area contributed by atoms with E-state index in [2.05, 4.69) is 71.0 Å². The Labute approximate surface area is 162 Å². The molecule has 0 radical (unpaired) electrons. The molecule has 0 bridgehead atoms. The van der Waals surface area contributed by atoms with Gasteiger partial charge in [0, 0.05) is 35.0 Å². The lowest BCUT2D eigenvalue weighted by Gasteiger charge is -2.19. The van der Waals surface area contributed by atoms with E-state index in [0.29, 0.717) is 6.54 Å². The maximum Gasteiger partial charge on any atom is 0.305 e. The van der Waals surface area contributed by atoms with Gasteiger partial charge in [0.2, 0.25) is 11.2 Å². The van der Waals surface area contributed by atoms with Crippen molar-refractivity contribution in [1.82, 2.24) is 0 Å². The monoisotopic (exact) mass is 377 g/mol. The third-order valence-corrected chi connectivity index (χ3v) is 5.86. The zero-order valence-corrected chi connectivity index (χ0v) is 15.9. The third-order valence-electron chi connectivity index (χ3n) is 4.75. The lowest BCUT2D eigenvalue weighted by molar-refractivity contribution is -0.669. The molecule has 4 nitrogen and oxygen atoms in total. The van der Waals surface area contributed by atoms with Crippen molar-refractivity contribution in [2.24, 2.45) is 0 Å². The number of carboxylic acid groups (broad SMARTS) is 1. The summed E-state index contributed by atoms with van der Waals surface area (Å²) in [6.45, 7) is 3.48. The smallest absolute Gasteiger partial charge is 0.305 e. The molecule has 0 atom stereocenters. The quantitative estimate of drug-likeness (QED) is 0.664. The van der Waals surface area contributed by atoms with Crippen LogP contribution in [0.15, 0.2) is 70.6 Å². The number of nitrogens with zero attached hydrogens (tertiary/aromatic N) is 2. The minimum absolute atomic E-state index is 0.109. The molecule has 0 aliphatic carbocycles. The number of anilines is 1. The Morgan fingerprint density at radius 2 is 1.89 bits per heavy atom. The van der Waals surface area contributed by atoms with Crippen LogP contribution in [0.2, 0.25) is 0 Å². The van der Waals surface area contributed by atoms with E-state index in [4.69, 9.17) is 5.11 Å². The predicted molar refractivity (Wildman–Crippen MR) is 110 cm³/mol. The van der Waals surface area contributed by atoms with E-state index in [1.807, 2.05) is 12.1 Å². The number of aliphatic carboxylic acids is 1. The molecule has 2 heterocycles. The second-order valence-corrected chi connectivity index (χ2v) is 7.47. The van der Waals surface area contributed by atoms with Gasteiger partial charge >= 0.3 is 5.97 Å². The van der Waals surface area contributed by atoms with E-state index < -0.39 is 5.97 Å². The summed E-state index contributed by atoms with van der Waals surface area (Å²) in [5, 5.41) is 11.4. The summed E-state index contributed by atoms with van der Waals surface area (Å²) < 4.78 is 2.29. The van der Waals surface area contributed by atoms with Gasteiger partial charge in [-0.05, 0) is 31.2 Å². The highest BCUT2D eigenvalue weighted by molar-refractivity contribution is 8.03. The van der Waals surface area contributed by atoms with Gasteiger partial charge in [0.25, 0.3) is 0 Å². The molecule has 2 aromatic carbocycles. The van der Waals surface area contributed by atoms with Crippen LogP contribution in [-0.4, -0.2) is 17.6 Å². The van der Waals surface area contributed by atoms with Gasteiger partial charge in [-0.2, -0.15) is 4.57 Å². The van der Waals surface area contributed by atoms with E-state index in [9.17, 15) is 4.79 Å². The van der Waals surface area contributed by atoms with Crippen LogP contribution in [0.25, 0.3) is 17.0 Å². The highest BCUT2D eigenvalue weighted by atomic mass is 32.2. The van der Waals surface area contributed by atoms with Crippen LogP contribution in [0.4, 0.5) is 5.69 Å². The molecule has 136 valence electrons. The average Bonchev–Trinajstić information content (AvgIpc) is 3.03.